The first-order valence-electron chi connectivity index (χ1n) is 11.3. The fraction of sp³-hybridized carbons (Fsp3) is 0.423. The molecule has 2 unspecified atom stereocenters. The minimum atomic E-state index is -1.07. The molecule has 3 N–H and O–H groups in total. The predicted octanol–water partition coefficient (Wildman–Crippen LogP) is 4.17. The van der Waals surface area contributed by atoms with E-state index in [-0.39, 0.29) is 18.4 Å². The number of benzene rings is 2. The molecule has 3 rings (SSSR count). The first-order chi connectivity index (χ1) is 15.7. The third-order valence-corrected chi connectivity index (χ3v) is 6.17. The van der Waals surface area contributed by atoms with E-state index in [9.17, 15) is 19.5 Å². The Morgan fingerprint density at radius 1 is 0.909 bits per heavy atom. The van der Waals surface area contributed by atoms with Crippen LogP contribution in [0.15, 0.2) is 48.5 Å². The van der Waals surface area contributed by atoms with E-state index in [2.05, 4.69) is 22.8 Å². The number of fused-ring (bicyclic) bond motifs is 3. The molecule has 2 aromatic rings. The highest BCUT2D eigenvalue weighted by Gasteiger charge is 2.30. The number of carboxylic acids is 1. The van der Waals surface area contributed by atoms with Crippen molar-refractivity contribution in [3.05, 3.63) is 59.7 Å². The number of rotatable bonds is 9. The van der Waals surface area contributed by atoms with Crippen molar-refractivity contribution in [2.75, 3.05) is 6.61 Å². The molecule has 0 fully saturated rings. The Bertz CT molecular complexity index is 974. The maximum Gasteiger partial charge on any atom is 0.407 e. The maximum atomic E-state index is 12.5. The molecule has 3 atom stereocenters. The van der Waals surface area contributed by atoms with E-state index in [4.69, 9.17) is 4.74 Å². The second kappa shape index (κ2) is 10.5. The highest BCUT2D eigenvalue weighted by Crippen LogP contribution is 2.44. The van der Waals surface area contributed by atoms with Gasteiger partial charge in [0.1, 0.15) is 12.6 Å². The van der Waals surface area contributed by atoms with Crippen molar-refractivity contribution in [1.82, 2.24) is 10.6 Å². The summed E-state index contributed by atoms with van der Waals surface area (Å²) in [6.07, 6.45) is -0.275. The summed E-state index contributed by atoms with van der Waals surface area (Å²) in [5.41, 5.74) is 4.54. The molecule has 0 heterocycles. The number of hydrogen-bond donors (Lipinski definition) is 3. The van der Waals surface area contributed by atoms with Crippen molar-refractivity contribution in [2.24, 2.45) is 11.8 Å². The van der Waals surface area contributed by atoms with Crippen molar-refractivity contribution in [2.45, 2.75) is 52.1 Å². The smallest absolute Gasteiger partial charge is 0.407 e. The van der Waals surface area contributed by atoms with Gasteiger partial charge in [-0.3, -0.25) is 4.79 Å². The third kappa shape index (κ3) is 5.72. The monoisotopic (exact) mass is 452 g/mol. The second-order valence-electron chi connectivity index (χ2n) is 9.08. The van der Waals surface area contributed by atoms with Crippen LogP contribution in [-0.2, 0) is 14.3 Å². The normalized spacial score (nSPS) is 15.2. The fourth-order valence-corrected chi connectivity index (χ4v) is 4.17. The molecule has 0 saturated carbocycles. The Balaban J connectivity index is 1.56. The topological polar surface area (TPSA) is 105 Å². The molecule has 2 amide bonds. The van der Waals surface area contributed by atoms with Gasteiger partial charge in [0.15, 0.2) is 0 Å². The molecule has 7 heteroatoms. The van der Waals surface area contributed by atoms with Crippen molar-refractivity contribution in [3.8, 4) is 11.1 Å². The van der Waals surface area contributed by atoms with Crippen LogP contribution < -0.4 is 10.6 Å². The summed E-state index contributed by atoms with van der Waals surface area (Å²) in [4.78, 5) is 36.4. The summed E-state index contributed by atoms with van der Waals surface area (Å²) in [5, 5.41) is 14.6. The standard InChI is InChI=1S/C26H32N2O5/c1-15(2)13-23(25(30)31)28-24(29)16(3)17(4)27-26(32)33-14-22-20-11-7-5-9-18(20)19-10-6-8-12-21(19)22/h5-12,15-17,22-23H,13-14H2,1-4H3,(H,27,32)(H,28,29)(H,30,31)/t16?,17?,23-/m1/s1. The molecule has 0 bridgehead atoms. The van der Waals surface area contributed by atoms with E-state index < -0.39 is 36.0 Å². The lowest BCUT2D eigenvalue weighted by Gasteiger charge is -2.24. The number of carbonyl (C=O) groups is 3. The third-order valence-electron chi connectivity index (χ3n) is 6.17. The lowest BCUT2D eigenvalue weighted by molar-refractivity contribution is -0.143. The summed E-state index contributed by atoms with van der Waals surface area (Å²) in [6.45, 7) is 7.32. The molecule has 0 aliphatic heterocycles. The molecule has 0 spiro atoms. The Kier molecular flexibility index (Phi) is 7.74. The Morgan fingerprint density at radius 2 is 1.45 bits per heavy atom. The molecular weight excluding hydrogens is 420 g/mol. The van der Waals surface area contributed by atoms with Crippen molar-refractivity contribution in [3.63, 3.8) is 0 Å². The van der Waals surface area contributed by atoms with Crippen LogP contribution in [0.3, 0.4) is 0 Å². The molecule has 2 aromatic carbocycles. The SMILES string of the molecule is CC(C)C[C@@H](NC(=O)C(C)C(C)NC(=O)OCC1c2ccccc2-c2ccccc21)C(=O)O. The first-order valence-corrected chi connectivity index (χ1v) is 11.3. The van der Waals surface area contributed by atoms with Crippen LogP contribution in [0.4, 0.5) is 4.79 Å². The van der Waals surface area contributed by atoms with Gasteiger partial charge in [0.05, 0.1) is 5.92 Å². The summed E-state index contributed by atoms with van der Waals surface area (Å²) in [6, 6.07) is 14.7. The van der Waals surface area contributed by atoms with Crippen molar-refractivity contribution < 1.29 is 24.2 Å². The molecule has 7 nitrogen and oxygen atoms in total. The molecule has 33 heavy (non-hydrogen) atoms. The van der Waals surface area contributed by atoms with Gasteiger partial charge >= 0.3 is 12.1 Å². The van der Waals surface area contributed by atoms with E-state index in [0.29, 0.717) is 6.42 Å². The van der Waals surface area contributed by atoms with E-state index in [1.54, 1.807) is 13.8 Å². The Hall–Kier alpha value is -3.35. The minimum absolute atomic E-state index is 0.0495. The van der Waals surface area contributed by atoms with Gasteiger partial charge in [-0.25, -0.2) is 9.59 Å². The highest BCUT2D eigenvalue weighted by molar-refractivity contribution is 5.85. The number of aliphatic carboxylic acids is 1. The zero-order valence-corrected chi connectivity index (χ0v) is 19.5. The number of amides is 2. The predicted molar refractivity (Wildman–Crippen MR) is 126 cm³/mol. The minimum Gasteiger partial charge on any atom is -0.480 e. The number of hydrogen-bond acceptors (Lipinski definition) is 4. The van der Waals surface area contributed by atoms with Gasteiger partial charge in [0.25, 0.3) is 0 Å². The van der Waals surface area contributed by atoms with E-state index in [0.717, 1.165) is 22.3 Å². The Labute approximate surface area is 194 Å². The van der Waals surface area contributed by atoms with Crippen molar-refractivity contribution in [1.29, 1.82) is 0 Å². The quantitative estimate of drug-likeness (QED) is 0.530. The number of nitrogens with one attached hydrogen (secondary N) is 2. The summed E-state index contributed by atoms with van der Waals surface area (Å²) in [5.74, 6) is -2.04. The second-order valence-corrected chi connectivity index (χ2v) is 9.08. The van der Waals surface area contributed by atoms with Crippen LogP contribution in [0, 0.1) is 11.8 Å². The summed E-state index contributed by atoms with van der Waals surface area (Å²) in [7, 11) is 0. The van der Waals surface area contributed by atoms with Gasteiger partial charge in [-0.15, -0.1) is 0 Å². The average molecular weight is 453 g/mol. The van der Waals surface area contributed by atoms with Crippen LogP contribution in [-0.4, -0.2) is 41.8 Å². The van der Waals surface area contributed by atoms with Crippen LogP contribution in [0.1, 0.15) is 51.2 Å². The Morgan fingerprint density at radius 3 is 1.97 bits per heavy atom. The number of ether oxygens (including phenoxy) is 1. The van der Waals surface area contributed by atoms with E-state index >= 15 is 0 Å². The van der Waals surface area contributed by atoms with Gasteiger partial charge < -0.3 is 20.5 Å². The fourth-order valence-electron chi connectivity index (χ4n) is 4.17. The first kappa shape index (κ1) is 24.3. The summed E-state index contributed by atoms with van der Waals surface area (Å²) >= 11 is 0. The highest BCUT2D eigenvalue weighted by atomic mass is 16.5. The zero-order chi connectivity index (χ0) is 24.1. The molecular formula is C26H32N2O5. The zero-order valence-electron chi connectivity index (χ0n) is 19.5. The van der Waals surface area contributed by atoms with E-state index in [1.165, 1.54) is 0 Å². The van der Waals surface area contributed by atoms with Gasteiger partial charge in [-0.2, -0.15) is 0 Å². The maximum absolute atomic E-state index is 12.5. The molecule has 0 aromatic heterocycles. The molecule has 0 saturated heterocycles. The lowest BCUT2D eigenvalue weighted by atomic mass is 9.98. The van der Waals surface area contributed by atoms with Crippen molar-refractivity contribution >= 4 is 18.0 Å². The van der Waals surface area contributed by atoms with Gasteiger partial charge in [0, 0.05) is 12.0 Å². The largest absolute Gasteiger partial charge is 0.480 e. The number of carboxylic acid groups (broad SMARTS) is 1. The molecule has 1 aliphatic rings. The number of carbonyl (C=O) groups excluding carboxylic acids is 2. The van der Waals surface area contributed by atoms with Crippen LogP contribution >= 0.6 is 0 Å². The van der Waals surface area contributed by atoms with E-state index in [1.807, 2.05) is 50.2 Å². The van der Waals surface area contributed by atoms with Crippen LogP contribution in [0.2, 0.25) is 0 Å². The summed E-state index contributed by atoms with van der Waals surface area (Å²) < 4.78 is 5.54. The lowest BCUT2D eigenvalue weighted by Crippen LogP contribution is -2.49. The average Bonchev–Trinajstić information content (AvgIpc) is 3.10. The number of alkyl carbamates (subject to hydrolysis) is 1. The molecule has 0 radical (unpaired) electrons. The van der Waals surface area contributed by atoms with Crippen LogP contribution in [0.25, 0.3) is 11.1 Å². The van der Waals surface area contributed by atoms with Gasteiger partial charge in [0.2, 0.25) is 5.91 Å². The van der Waals surface area contributed by atoms with Gasteiger partial charge in [-0.05, 0) is 41.5 Å². The van der Waals surface area contributed by atoms with Crippen LogP contribution in [0.5, 0.6) is 0 Å². The molecule has 1 aliphatic carbocycles. The molecule has 176 valence electrons. The van der Waals surface area contributed by atoms with Gasteiger partial charge in [-0.1, -0.05) is 69.3 Å².